The summed E-state index contributed by atoms with van der Waals surface area (Å²) in [5.74, 6) is 0.155. The van der Waals surface area contributed by atoms with Crippen LogP contribution in [0.25, 0.3) is 0 Å². The van der Waals surface area contributed by atoms with Crippen LogP contribution in [0.1, 0.15) is 30.0 Å². The molecule has 38 heavy (non-hydrogen) atoms. The third-order valence-corrected chi connectivity index (χ3v) is 8.04. The highest BCUT2D eigenvalue weighted by molar-refractivity contribution is 8.14. The molecule has 4 rings (SSSR count). The van der Waals surface area contributed by atoms with Crippen LogP contribution in [0.3, 0.4) is 0 Å². The molecule has 3 aromatic rings. The Hall–Kier alpha value is -2.64. The highest BCUT2D eigenvalue weighted by Crippen LogP contribution is 2.31. The monoisotopic (exact) mass is 532 g/mol. The number of amidine groups is 1. The van der Waals surface area contributed by atoms with Gasteiger partial charge >= 0.3 is 0 Å². The average molecular weight is 533 g/mol. The minimum Gasteiger partial charge on any atom is -0.376 e. The van der Waals surface area contributed by atoms with Crippen LogP contribution >= 0.6 is 11.8 Å². The van der Waals surface area contributed by atoms with Crippen molar-refractivity contribution in [2.24, 2.45) is 10.9 Å². The molecule has 3 aromatic carbocycles. The van der Waals surface area contributed by atoms with E-state index in [9.17, 15) is 0 Å². The lowest BCUT2D eigenvalue weighted by molar-refractivity contribution is -0.117. The van der Waals surface area contributed by atoms with Crippen molar-refractivity contribution in [1.82, 2.24) is 4.90 Å². The third kappa shape index (κ3) is 8.98. The number of aliphatic imine (C=N–C) groups is 1. The number of hydrogen-bond acceptors (Lipinski definition) is 6. The zero-order chi connectivity index (χ0) is 26.6. The lowest BCUT2D eigenvalue weighted by atomic mass is 9.93. The van der Waals surface area contributed by atoms with Crippen LogP contribution in [-0.4, -0.2) is 54.8 Å². The molecular formula is C32H40N2O3S. The molecule has 0 spiro atoms. The van der Waals surface area contributed by atoms with Crippen molar-refractivity contribution in [3.05, 3.63) is 108 Å². The fourth-order valence-electron chi connectivity index (χ4n) is 4.63. The Labute approximate surface area is 232 Å². The van der Waals surface area contributed by atoms with E-state index in [0.717, 1.165) is 29.3 Å². The van der Waals surface area contributed by atoms with E-state index in [4.69, 9.17) is 19.2 Å². The first-order valence-corrected chi connectivity index (χ1v) is 14.3. The predicted molar refractivity (Wildman–Crippen MR) is 157 cm³/mol. The first kappa shape index (κ1) is 28.4. The molecule has 1 aliphatic heterocycles. The number of hydrogen-bond donors (Lipinski definition) is 0. The third-order valence-electron chi connectivity index (χ3n) is 6.66. The summed E-state index contributed by atoms with van der Waals surface area (Å²) in [7, 11) is 4.11. The van der Waals surface area contributed by atoms with Crippen molar-refractivity contribution in [3.63, 3.8) is 0 Å². The van der Waals surface area contributed by atoms with Crippen LogP contribution in [0.4, 0.5) is 0 Å². The Kier molecular flexibility index (Phi) is 11.3. The van der Waals surface area contributed by atoms with Gasteiger partial charge in [-0.1, -0.05) is 103 Å². The van der Waals surface area contributed by atoms with Crippen LogP contribution < -0.4 is 0 Å². The van der Waals surface area contributed by atoms with Crippen molar-refractivity contribution in [2.45, 2.75) is 50.6 Å². The molecule has 0 saturated carbocycles. The molecule has 0 saturated heterocycles. The fraction of sp³-hybridized carbons (Fsp3) is 0.406. The van der Waals surface area contributed by atoms with Crippen LogP contribution in [0, 0.1) is 5.92 Å². The molecule has 6 heteroatoms. The van der Waals surface area contributed by atoms with E-state index in [1.165, 1.54) is 5.56 Å². The van der Waals surface area contributed by atoms with Gasteiger partial charge in [-0.05, 0) is 30.0 Å². The summed E-state index contributed by atoms with van der Waals surface area (Å²) in [6.07, 6.45) is 0.710. The van der Waals surface area contributed by atoms with Crippen molar-refractivity contribution >= 4 is 16.9 Å². The standard InChI is InChI=1S/C32H40N2O3S/c1-25(36-22-27-15-9-5-10-16-27)31(37-23-28-17-11-6-12-18-28)29(19-30-20-33-32(38-30)34(2)3)24-35-21-26-13-7-4-8-14-26/h4-18,25,29-31H,19-24H2,1-3H3/t25-,29-,30+,31+/m1/s1. The van der Waals surface area contributed by atoms with E-state index in [1.54, 1.807) is 0 Å². The van der Waals surface area contributed by atoms with E-state index in [-0.39, 0.29) is 18.1 Å². The quantitative estimate of drug-likeness (QED) is 0.239. The largest absolute Gasteiger partial charge is 0.376 e. The molecule has 0 unspecified atom stereocenters. The number of benzene rings is 3. The van der Waals surface area contributed by atoms with Gasteiger partial charge in [0.2, 0.25) is 0 Å². The van der Waals surface area contributed by atoms with E-state index < -0.39 is 0 Å². The van der Waals surface area contributed by atoms with Crippen LogP contribution in [-0.2, 0) is 34.0 Å². The molecule has 4 atom stereocenters. The average Bonchev–Trinajstić information content (AvgIpc) is 3.43. The Morgan fingerprint density at radius 2 is 1.32 bits per heavy atom. The zero-order valence-electron chi connectivity index (χ0n) is 22.7. The summed E-state index contributed by atoms with van der Waals surface area (Å²) in [6, 6.07) is 31.0. The molecule has 0 radical (unpaired) electrons. The summed E-state index contributed by atoms with van der Waals surface area (Å²) < 4.78 is 19.4. The normalized spacial score (nSPS) is 17.6. The van der Waals surface area contributed by atoms with Gasteiger partial charge in [0.25, 0.3) is 0 Å². The molecule has 0 aromatic heterocycles. The van der Waals surface area contributed by atoms with Gasteiger partial charge in [0.15, 0.2) is 5.17 Å². The molecular weight excluding hydrogens is 492 g/mol. The van der Waals surface area contributed by atoms with Gasteiger partial charge in [0.1, 0.15) is 0 Å². The van der Waals surface area contributed by atoms with Gasteiger partial charge in [0, 0.05) is 25.3 Å². The first-order chi connectivity index (χ1) is 18.6. The van der Waals surface area contributed by atoms with Gasteiger partial charge < -0.3 is 19.1 Å². The van der Waals surface area contributed by atoms with E-state index in [1.807, 2.05) is 42.1 Å². The summed E-state index contributed by atoms with van der Waals surface area (Å²) in [4.78, 5) is 6.86. The van der Waals surface area contributed by atoms with Gasteiger partial charge in [-0.2, -0.15) is 0 Å². The van der Waals surface area contributed by atoms with Gasteiger partial charge in [-0.25, -0.2) is 0 Å². The first-order valence-electron chi connectivity index (χ1n) is 13.4. The Morgan fingerprint density at radius 1 is 0.789 bits per heavy atom. The highest BCUT2D eigenvalue weighted by Gasteiger charge is 2.33. The number of rotatable bonds is 14. The Balaban J connectivity index is 1.48. The second-order valence-electron chi connectivity index (χ2n) is 10.0. The van der Waals surface area contributed by atoms with Crippen molar-refractivity contribution in [1.29, 1.82) is 0 Å². The Morgan fingerprint density at radius 3 is 1.84 bits per heavy atom. The summed E-state index contributed by atoms with van der Waals surface area (Å²) in [6.45, 7) is 5.22. The van der Waals surface area contributed by atoms with Crippen molar-refractivity contribution in [3.8, 4) is 0 Å². The second kappa shape index (κ2) is 15.1. The van der Waals surface area contributed by atoms with E-state index >= 15 is 0 Å². The molecule has 0 fully saturated rings. The topological polar surface area (TPSA) is 43.3 Å². The number of thioether (sulfide) groups is 1. The minimum atomic E-state index is -0.126. The molecule has 0 N–H and O–H groups in total. The lowest BCUT2D eigenvalue weighted by Crippen LogP contribution is -2.40. The molecule has 0 amide bonds. The van der Waals surface area contributed by atoms with Crippen molar-refractivity contribution in [2.75, 3.05) is 27.2 Å². The van der Waals surface area contributed by atoms with Gasteiger partial charge in [-0.3, -0.25) is 4.99 Å². The molecule has 0 bridgehead atoms. The predicted octanol–water partition coefficient (Wildman–Crippen LogP) is 6.43. The minimum absolute atomic E-state index is 0.107. The zero-order valence-corrected chi connectivity index (χ0v) is 23.6. The maximum atomic E-state index is 6.67. The molecule has 0 aliphatic carbocycles. The lowest BCUT2D eigenvalue weighted by Gasteiger charge is -2.33. The fourth-order valence-corrected chi connectivity index (χ4v) is 5.78. The smallest absolute Gasteiger partial charge is 0.159 e. The maximum absolute atomic E-state index is 6.67. The SMILES string of the molecule is C[C@@H](OCc1ccccc1)[C@H](OCc1ccccc1)[C@@H](COCc1ccccc1)C[C@H]1CN=C(N(C)C)S1. The number of ether oxygens (including phenoxy) is 3. The maximum Gasteiger partial charge on any atom is 0.159 e. The Bertz CT molecular complexity index is 1100. The molecule has 202 valence electrons. The summed E-state index contributed by atoms with van der Waals surface area (Å²) in [5, 5.41) is 1.48. The highest BCUT2D eigenvalue weighted by atomic mass is 32.2. The van der Waals surface area contributed by atoms with Gasteiger partial charge in [-0.15, -0.1) is 0 Å². The second-order valence-corrected chi connectivity index (χ2v) is 11.3. The van der Waals surface area contributed by atoms with Crippen LogP contribution in [0.5, 0.6) is 0 Å². The number of nitrogens with zero attached hydrogens (tertiary/aromatic N) is 2. The van der Waals surface area contributed by atoms with E-state index in [2.05, 4.69) is 86.6 Å². The summed E-state index contributed by atoms with van der Waals surface area (Å²) in [5.41, 5.74) is 3.49. The molecule has 5 nitrogen and oxygen atoms in total. The molecule has 1 heterocycles. The summed E-state index contributed by atoms with van der Waals surface area (Å²) >= 11 is 1.85. The van der Waals surface area contributed by atoms with Crippen LogP contribution in [0.15, 0.2) is 96.0 Å². The molecule has 1 aliphatic rings. The van der Waals surface area contributed by atoms with Crippen molar-refractivity contribution < 1.29 is 14.2 Å². The van der Waals surface area contributed by atoms with Gasteiger partial charge in [0.05, 0.1) is 45.2 Å². The van der Waals surface area contributed by atoms with E-state index in [0.29, 0.717) is 31.7 Å². The van der Waals surface area contributed by atoms with Crippen LogP contribution in [0.2, 0.25) is 0 Å².